The van der Waals surface area contributed by atoms with Crippen LogP contribution < -0.4 is 5.56 Å². The largest absolute Gasteiger partial charge is 0.271 e. The van der Waals surface area contributed by atoms with Gasteiger partial charge in [-0.25, -0.2) is 9.03 Å². The van der Waals surface area contributed by atoms with E-state index in [9.17, 15) is 14.9 Å². The zero-order chi connectivity index (χ0) is 20.8. The first-order valence-corrected chi connectivity index (χ1v) is 9.52. The molecule has 6 nitrogen and oxygen atoms in total. The number of hydrogen-bond donors (Lipinski definition) is 0. The number of nitrogens with zero attached hydrogens (tertiary/aromatic N) is 3. The fraction of sp³-hybridized carbons (Fsp3) is 0.0417. The highest BCUT2D eigenvalue weighted by Gasteiger charge is 2.21. The van der Waals surface area contributed by atoms with Crippen molar-refractivity contribution in [1.29, 1.82) is 0 Å². The molecular weight excluding hydrogens is 378 g/mol. The van der Waals surface area contributed by atoms with E-state index in [0.717, 1.165) is 28.1 Å². The monoisotopic (exact) mass is 395 g/mol. The van der Waals surface area contributed by atoms with Crippen LogP contribution in [0.25, 0.3) is 33.3 Å². The molecule has 0 N–H and O–H groups in total. The standard InChI is InChI=1S/C24H17N3O3/c1-16-14-22(28)26-21-13-12-19(27(29)30)15-20(21)23(17-8-4-2-5-9-17)24(25(16)26)18-10-6-3-7-11-18/h2-15H,1H3. The van der Waals surface area contributed by atoms with Crippen molar-refractivity contribution in [2.45, 2.75) is 6.92 Å². The molecule has 0 fully saturated rings. The van der Waals surface area contributed by atoms with Gasteiger partial charge in [-0.1, -0.05) is 60.7 Å². The van der Waals surface area contributed by atoms with E-state index in [0.29, 0.717) is 10.9 Å². The summed E-state index contributed by atoms with van der Waals surface area (Å²) in [6.07, 6.45) is 0. The number of benzene rings is 3. The van der Waals surface area contributed by atoms with E-state index < -0.39 is 4.92 Å². The maximum Gasteiger partial charge on any atom is 0.271 e. The fourth-order valence-corrected chi connectivity index (χ4v) is 4.08. The van der Waals surface area contributed by atoms with Crippen molar-refractivity contribution in [3.05, 3.63) is 111 Å². The van der Waals surface area contributed by atoms with Crippen LogP contribution in [0, 0.1) is 17.0 Å². The highest BCUT2D eigenvalue weighted by atomic mass is 16.6. The second kappa shape index (κ2) is 6.70. The highest BCUT2D eigenvalue weighted by Crippen LogP contribution is 2.39. The summed E-state index contributed by atoms with van der Waals surface area (Å²) < 4.78 is 3.48. The van der Waals surface area contributed by atoms with Gasteiger partial charge in [-0.3, -0.25) is 14.9 Å². The molecule has 0 aliphatic heterocycles. The molecular formula is C24H17N3O3. The number of nitro groups is 1. The minimum atomic E-state index is -0.410. The normalized spacial score (nSPS) is 11.2. The Bertz CT molecular complexity index is 1480. The Morgan fingerprint density at radius 2 is 1.43 bits per heavy atom. The molecule has 3 aromatic carbocycles. The van der Waals surface area contributed by atoms with Crippen molar-refractivity contribution >= 4 is 16.6 Å². The maximum absolute atomic E-state index is 12.9. The summed E-state index contributed by atoms with van der Waals surface area (Å²) in [5.41, 5.74) is 4.72. The van der Waals surface area contributed by atoms with Crippen LogP contribution in [0.2, 0.25) is 0 Å². The predicted octanol–water partition coefficient (Wildman–Crippen LogP) is 5.10. The number of fused-ring (bicyclic) bond motifs is 3. The zero-order valence-corrected chi connectivity index (χ0v) is 16.1. The number of hydrogen-bond acceptors (Lipinski definition) is 3. The number of nitro benzene ring substituents is 1. The number of rotatable bonds is 3. The highest BCUT2D eigenvalue weighted by molar-refractivity contribution is 6.02. The molecule has 0 spiro atoms. The van der Waals surface area contributed by atoms with E-state index in [2.05, 4.69) is 0 Å². The number of aryl methyl sites for hydroxylation is 1. The van der Waals surface area contributed by atoms with Gasteiger partial charge < -0.3 is 0 Å². The summed E-state index contributed by atoms with van der Waals surface area (Å²) in [7, 11) is 0. The van der Waals surface area contributed by atoms with Crippen LogP contribution in [0.1, 0.15) is 5.69 Å². The molecule has 0 radical (unpaired) electrons. The minimum Gasteiger partial charge on any atom is -0.267 e. The lowest BCUT2D eigenvalue weighted by Gasteiger charge is -2.19. The van der Waals surface area contributed by atoms with Gasteiger partial charge in [-0.2, -0.15) is 0 Å². The molecule has 0 saturated heterocycles. The van der Waals surface area contributed by atoms with Crippen LogP contribution in [-0.4, -0.2) is 14.0 Å². The van der Waals surface area contributed by atoms with Crippen molar-refractivity contribution in [3.8, 4) is 22.4 Å². The molecule has 30 heavy (non-hydrogen) atoms. The van der Waals surface area contributed by atoms with Gasteiger partial charge >= 0.3 is 0 Å². The smallest absolute Gasteiger partial charge is 0.267 e. The first-order chi connectivity index (χ1) is 14.6. The van der Waals surface area contributed by atoms with Gasteiger partial charge in [0.15, 0.2) is 0 Å². The second-order valence-electron chi connectivity index (χ2n) is 7.16. The van der Waals surface area contributed by atoms with E-state index in [1.165, 1.54) is 6.07 Å². The topological polar surface area (TPSA) is 69.0 Å². The van der Waals surface area contributed by atoms with Gasteiger partial charge in [-0.05, 0) is 18.6 Å². The van der Waals surface area contributed by atoms with Crippen LogP contribution in [-0.2, 0) is 0 Å². The predicted molar refractivity (Wildman–Crippen MR) is 117 cm³/mol. The Hall–Kier alpha value is -4.19. The summed E-state index contributed by atoms with van der Waals surface area (Å²) in [6, 6.07) is 25.8. The molecule has 0 unspecified atom stereocenters. The van der Waals surface area contributed by atoms with Crippen LogP contribution in [0.5, 0.6) is 0 Å². The summed E-state index contributed by atoms with van der Waals surface area (Å²) in [5.74, 6) is 0. The van der Waals surface area contributed by atoms with Crippen molar-refractivity contribution in [2.24, 2.45) is 0 Å². The summed E-state index contributed by atoms with van der Waals surface area (Å²) in [6.45, 7) is 1.89. The molecule has 0 aliphatic rings. The van der Waals surface area contributed by atoms with Crippen molar-refractivity contribution in [1.82, 2.24) is 9.03 Å². The SMILES string of the molecule is Cc1cc(=O)n2c3ccc([N+](=O)[O-])cc3c(-c3ccccc3)c(-c3ccccc3)n12. The molecule has 0 atom stereocenters. The molecule has 5 rings (SSSR count). The van der Waals surface area contributed by atoms with Crippen LogP contribution in [0.15, 0.2) is 89.7 Å². The third kappa shape index (κ3) is 2.62. The van der Waals surface area contributed by atoms with Gasteiger partial charge in [0.05, 0.1) is 16.1 Å². The van der Waals surface area contributed by atoms with Crippen molar-refractivity contribution in [2.75, 3.05) is 0 Å². The molecule has 0 saturated carbocycles. The zero-order valence-electron chi connectivity index (χ0n) is 16.1. The number of non-ortho nitro benzene ring substituents is 1. The molecule has 6 heteroatoms. The molecule has 0 amide bonds. The van der Waals surface area contributed by atoms with Crippen LogP contribution >= 0.6 is 0 Å². The van der Waals surface area contributed by atoms with Gasteiger partial charge in [0.2, 0.25) is 0 Å². The Labute approximate surface area is 171 Å². The average Bonchev–Trinajstić information content (AvgIpc) is 3.07. The molecule has 0 aliphatic carbocycles. The van der Waals surface area contributed by atoms with E-state index in [-0.39, 0.29) is 11.2 Å². The molecule has 5 aromatic rings. The molecule has 0 bridgehead atoms. The minimum absolute atomic E-state index is 0.0145. The third-order valence-electron chi connectivity index (χ3n) is 5.32. The Morgan fingerprint density at radius 1 is 0.800 bits per heavy atom. The van der Waals surface area contributed by atoms with E-state index in [1.54, 1.807) is 22.7 Å². The Kier molecular flexibility index (Phi) is 3.99. The van der Waals surface area contributed by atoms with E-state index in [1.807, 2.05) is 72.1 Å². The van der Waals surface area contributed by atoms with Gasteiger partial charge in [-0.15, -0.1) is 0 Å². The Morgan fingerprint density at radius 3 is 2.07 bits per heavy atom. The lowest BCUT2D eigenvalue weighted by molar-refractivity contribution is -0.384. The van der Waals surface area contributed by atoms with Crippen molar-refractivity contribution < 1.29 is 4.92 Å². The second-order valence-corrected chi connectivity index (χ2v) is 7.16. The summed E-state index contributed by atoms with van der Waals surface area (Å²) >= 11 is 0. The third-order valence-corrected chi connectivity index (χ3v) is 5.32. The maximum atomic E-state index is 12.9. The van der Waals surface area contributed by atoms with E-state index in [4.69, 9.17) is 0 Å². The lowest BCUT2D eigenvalue weighted by Crippen LogP contribution is -2.15. The van der Waals surface area contributed by atoms with Gasteiger partial charge in [0.1, 0.15) is 0 Å². The van der Waals surface area contributed by atoms with Crippen molar-refractivity contribution in [3.63, 3.8) is 0 Å². The quantitative estimate of drug-likeness (QED) is 0.315. The molecule has 2 aromatic heterocycles. The summed E-state index contributed by atoms with van der Waals surface area (Å²) in [4.78, 5) is 24.0. The van der Waals surface area contributed by atoms with Crippen LogP contribution in [0.4, 0.5) is 5.69 Å². The summed E-state index contributed by atoms with van der Waals surface area (Å²) in [5, 5.41) is 12.2. The first-order valence-electron chi connectivity index (χ1n) is 9.52. The number of aromatic nitrogens is 2. The van der Waals surface area contributed by atoms with Gasteiger partial charge in [0, 0.05) is 40.4 Å². The van der Waals surface area contributed by atoms with Crippen LogP contribution in [0.3, 0.4) is 0 Å². The fourth-order valence-electron chi connectivity index (χ4n) is 4.08. The molecule has 2 heterocycles. The lowest BCUT2D eigenvalue weighted by atomic mass is 9.95. The first kappa shape index (κ1) is 17.9. The molecule has 146 valence electrons. The van der Waals surface area contributed by atoms with E-state index >= 15 is 0 Å². The Balaban J connectivity index is 2.11. The average molecular weight is 395 g/mol. The van der Waals surface area contributed by atoms with Gasteiger partial charge in [0.25, 0.3) is 11.2 Å².